The fraction of sp³-hybridized carbons (Fsp3) is 0.421. The average Bonchev–Trinajstić information content (AvgIpc) is 2.65. The predicted octanol–water partition coefficient (Wildman–Crippen LogP) is 1.13. The van der Waals surface area contributed by atoms with Gasteiger partial charge < -0.3 is 26.0 Å². The zero-order valence-corrected chi connectivity index (χ0v) is 15.3. The van der Waals surface area contributed by atoms with E-state index in [-0.39, 0.29) is 24.4 Å². The molecule has 0 spiro atoms. The zero-order valence-electron chi connectivity index (χ0n) is 15.3. The van der Waals surface area contributed by atoms with Gasteiger partial charge in [0.15, 0.2) is 0 Å². The monoisotopic (exact) mass is 368 g/mol. The van der Waals surface area contributed by atoms with Gasteiger partial charge in [0.25, 0.3) is 0 Å². The molecule has 1 amide bonds. The number of aromatic nitrogens is 2. The average molecular weight is 368 g/mol. The van der Waals surface area contributed by atoms with Crippen LogP contribution in [0.1, 0.15) is 24.5 Å². The maximum Gasteiger partial charge on any atom is 0.246 e. The molecule has 4 rings (SSSR count). The number of anilines is 3. The van der Waals surface area contributed by atoms with Crippen LogP contribution in [0.25, 0.3) is 0 Å². The van der Waals surface area contributed by atoms with E-state index in [9.17, 15) is 4.79 Å². The molecule has 27 heavy (non-hydrogen) atoms. The highest BCUT2D eigenvalue weighted by Gasteiger charge is 2.31. The Labute approximate surface area is 158 Å². The van der Waals surface area contributed by atoms with Gasteiger partial charge in [-0.05, 0) is 25.0 Å². The number of methoxy groups -OCH3 is 1. The molecule has 142 valence electrons. The standard InChI is InChI=1S/C19H24N6O2/c1-27-15-4-2-3-14(9-15)25-6-5-24(11-18(25)26)17-10-16(22-19(21)23-17)12-7-13(20)8-12/h2-4,9-10,12-13H,5-8,11,20H2,1H3,(H2,21,22,23). The summed E-state index contributed by atoms with van der Waals surface area (Å²) < 4.78 is 5.26. The van der Waals surface area contributed by atoms with E-state index < -0.39 is 0 Å². The molecule has 0 bridgehead atoms. The molecular formula is C19H24N6O2. The summed E-state index contributed by atoms with van der Waals surface area (Å²) in [5.41, 5.74) is 13.6. The van der Waals surface area contributed by atoms with E-state index in [0.29, 0.717) is 24.8 Å². The van der Waals surface area contributed by atoms with Crippen molar-refractivity contribution in [3.05, 3.63) is 36.0 Å². The summed E-state index contributed by atoms with van der Waals surface area (Å²) in [6.07, 6.45) is 1.83. The number of amides is 1. The van der Waals surface area contributed by atoms with Crippen LogP contribution in [0.15, 0.2) is 30.3 Å². The lowest BCUT2D eigenvalue weighted by molar-refractivity contribution is -0.117. The zero-order chi connectivity index (χ0) is 19.0. The number of piperazine rings is 1. The van der Waals surface area contributed by atoms with E-state index >= 15 is 0 Å². The summed E-state index contributed by atoms with van der Waals surface area (Å²) in [5.74, 6) is 2.02. The van der Waals surface area contributed by atoms with E-state index in [1.807, 2.05) is 35.2 Å². The largest absolute Gasteiger partial charge is 0.497 e. The molecule has 1 aromatic heterocycles. The van der Waals surface area contributed by atoms with Crippen LogP contribution in [-0.4, -0.2) is 48.7 Å². The summed E-state index contributed by atoms with van der Waals surface area (Å²) in [7, 11) is 1.62. The van der Waals surface area contributed by atoms with Gasteiger partial charge in [0, 0.05) is 42.9 Å². The van der Waals surface area contributed by atoms with Crippen LogP contribution >= 0.6 is 0 Å². The number of carbonyl (C=O) groups is 1. The molecule has 2 aliphatic rings. The van der Waals surface area contributed by atoms with Gasteiger partial charge in [-0.1, -0.05) is 6.07 Å². The first kappa shape index (κ1) is 17.5. The number of nitrogen functional groups attached to an aromatic ring is 1. The third-order valence-electron chi connectivity index (χ3n) is 5.25. The van der Waals surface area contributed by atoms with Gasteiger partial charge in [0.05, 0.1) is 19.3 Å². The van der Waals surface area contributed by atoms with Crippen molar-refractivity contribution in [1.29, 1.82) is 0 Å². The van der Waals surface area contributed by atoms with Gasteiger partial charge in [0.1, 0.15) is 11.6 Å². The highest BCUT2D eigenvalue weighted by Crippen LogP contribution is 2.36. The molecule has 2 fully saturated rings. The highest BCUT2D eigenvalue weighted by atomic mass is 16.5. The lowest BCUT2D eigenvalue weighted by Gasteiger charge is -2.36. The van der Waals surface area contributed by atoms with E-state index in [1.165, 1.54) is 0 Å². The van der Waals surface area contributed by atoms with E-state index in [2.05, 4.69) is 9.97 Å². The Morgan fingerprint density at radius 3 is 2.70 bits per heavy atom. The number of hydrogen-bond acceptors (Lipinski definition) is 7. The number of nitrogens with zero attached hydrogens (tertiary/aromatic N) is 4. The summed E-state index contributed by atoms with van der Waals surface area (Å²) in [6, 6.07) is 9.71. The first-order valence-electron chi connectivity index (χ1n) is 9.13. The number of nitrogens with two attached hydrogens (primary N) is 2. The van der Waals surface area contributed by atoms with Crippen molar-refractivity contribution in [2.45, 2.75) is 24.8 Å². The number of carbonyl (C=O) groups excluding carboxylic acids is 1. The van der Waals surface area contributed by atoms with Crippen LogP contribution in [-0.2, 0) is 4.79 Å². The highest BCUT2D eigenvalue weighted by molar-refractivity contribution is 5.97. The molecule has 1 aliphatic heterocycles. The lowest BCUT2D eigenvalue weighted by atomic mass is 9.78. The lowest BCUT2D eigenvalue weighted by Crippen LogP contribution is -2.51. The van der Waals surface area contributed by atoms with Crippen LogP contribution in [0.4, 0.5) is 17.5 Å². The molecule has 0 radical (unpaired) electrons. The second kappa shape index (κ2) is 7.03. The van der Waals surface area contributed by atoms with Crippen LogP contribution in [0.2, 0.25) is 0 Å². The second-order valence-corrected chi connectivity index (χ2v) is 7.11. The quantitative estimate of drug-likeness (QED) is 0.832. The molecule has 0 atom stereocenters. The van der Waals surface area contributed by atoms with Gasteiger partial charge in [-0.2, -0.15) is 4.98 Å². The van der Waals surface area contributed by atoms with Crippen molar-refractivity contribution >= 4 is 23.4 Å². The first-order chi connectivity index (χ1) is 13.0. The van der Waals surface area contributed by atoms with Crippen molar-refractivity contribution in [1.82, 2.24) is 9.97 Å². The van der Waals surface area contributed by atoms with Gasteiger partial charge in [-0.25, -0.2) is 4.98 Å². The number of benzene rings is 1. The maximum absolute atomic E-state index is 12.7. The van der Waals surface area contributed by atoms with Gasteiger partial charge >= 0.3 is 0 Å². The number of hydrogen-bond donors (Lipinski definition) is 2. The van der Waals surface area contributed by atoms with E-state index in [1.54, 1.807) is 12.0 Å². The second-order valence-electron chi connectivity index (χ2n) is 7.11. The van der Waals surface area contributed by atoms with Gasteiger partial charge in [0.2, 0.25) is 11.9 Å². The van der Waals surface area contributed by atoms with Gasteiger partial charge in [-0.15, -0.1) is 0 Å². The summed E-state index contributed by atoms with van der Waals surface area (Å²) in [6.45, 7) is 1.49. The topological polar surface area (TPSA) is 111 Å². The SMILES string of the molecule is COc1cccc(N2CCN(c3cc(C4CC(N)C4)nc(N)n3)CC2=O)c1. The number of rotatable bonds is 4. The first-order valence-corrected chi connectivity index (χ1v) is 9.13. The molecule has 1 saturated carbocycles. The maximum atomic E-state index is 12.7. The van der Waals surface area contributed by atoms with Crippen molar-refractivity contribution < 1.29 is 9.53 Å². The molecule has 2 aromatic rings. The van der Waals surface area contributed by atoms with Crippen LogP contribution < -0.4 is 26.0 Å². The summed E-state index contributed by atoms with van der Waals surface area (Å²) in [5, 5.41) is 0. The summed E-state index contributed by atoms with van der Waals surface area (Å²) >= 11 is 0. The van der Waals surface area contributed by atoms with Crippen molar-refractivity contribution in [2.24, 2.45) is 5.73 Å². The van der Waals surface area contributed by atoms with Crippen molar-refractivity contribution in [3.8, 4) is 5.75 Å². The molecule has 1 aliphatic carbocycles. The fourth-order valence-electron chi connectivity index (χ4n) is 3.67. The Kier molecular flexibility index (Phi) is 4.57. The fourth-order valence-corrected chi connectivity index (χ4v) is 3.67. The number of ether oxygens (including phenoxy) is 1. The Morgan fingerprint density at radius 1 is 1.19 bits per heavy atom. The Hall–Kier alpha value is -2.87. The third-order valence-corrected chi connectivity index (χ3v) is 5.25. The smallest absolute Gasteiger partial charge is 0.246 e. The van der Waals surface area contributed by atoms with Crippen LogP contribution in [0, 0.1) is 0 Å². The minimum atomic E-state index is 0.0129. The molecule has 1 aromatic carbocycles. The molecule has 4 N–H and O–H groups in total. The summed E-state index contributed by atoms with van der Waals surface area (Å²) in [4.78, 5) is 25.2. The Balaban J connectivity index is 1.50. The molecule has 8 heteroatoms. The van der Waals surface area contributed by atoms with E-state index in [4.69, 9.17) is 16.2 Å². The third kappa shape index (κ3) is 3.52. The molecular weight excluding hydrogens is 344 g/mol. The van der Waals surface area contributed by atoms with Crippen molar-refractivity contribution in [2.75, 3.05) is 42.3 Å². The van der Waals surface area contributed by atoms with Crippen LogP contribution in [0.3, 0.4) is 0 Å². The minimum absolute atomic E-state index is 0.0129. The molecule has 8 nitrogen and oxygen atoms in total. The van der Waals surface area contributed by atoms with Crippen LogP contribution in [0.5, 0.6) is 5.75 Å². The molecule has 2 heterocycles. The molecule has 0 unspecified atom stereocenters. The van der Waals surface area contributed by atoms with E-state index in [0.717, 1.165) is 30.0 Å². The van der Waals surface area contributed by atoms with Crippen molar-refractivity contribution in [3.63, 3.8) is 0 Å². The normalized spacial score (nSPS) is 22.5. The Bertz CT molecular complexity index is 852. The minimum Gasteiger partial charge on any atom is -0.497 e. The Morgan fingerprint density at radius 2 is 2.00 bits per heavy atom. The molecule has 1 saturated heterocycles. The predicted molar refractivity (Wildman–Crippen MR) is 104 cm³/mol. The van der Waals surface area contributed by atoms with Gasteiger partial charge in [-0.3, -0.25) is 4.79 Å².